The number of aromatic nitrogens is 3. The maximum Gasteiger partial charge on any atom is 0.273 e. The van der Waals surface area contributed by atoms with Crippen LogP contribution in [-0.2, 0) is 15.6 Å². The number of rotatable bonds is 2. The SMILES string of the molecule is CC(C)(C)n1c(-c2ccc(Br)s2)nnc1S(N)(=O)=O. The zero-order chi connectivity index (χ0) is 14.4. The molecule has 0 atom stereocenters. The summed E-state index contributed by atoms with van der Waals surface area (Å²) in [6.07, 6.45) is 0. The minimum Gasteiger partial charge on any atom is -0.291 e. The van der Waals surface area contributed by atoms with Crippen molar-refractivity contribution in [3.05, 3.63) is 15.9 Å². The second kappa shape index (κ2) is 4.65. The molecular formula is C10H13BrN4O2S2. The Morgan fingerprint density at radius 3 is 2.37 bits per heavy atom. The fourth-order valence-corrected chi connectivity index (χ4v) is 3.78. The molecule has 0 spiro atoms. The first-order chi connectivity index (χ1) is 8.60. The molecule has 2 aromatic rings. The Balaban J connectivity index is 2.74. The predicted molar refractivity (Wildman–Crippen MR) is 77.4 cm³/mol. The summed E-state index contributed by atoms with van der Waals surface area (Å²) in [6, 6.07) is 3.73. The average Bonchev–Trinajstić information content (AvgIpc) is 2.79. The van der Waals surface area contributed by atoms with Gasteiger partial charge in [0.25, 0.3) is 15.2 Å². The summed E-state index contributed by atoms with van der Waals surface area (Å²) < 4.78 is 25.7. The lowest BCUT2D eigenvalue weighted by molar-refractivity contribution is 0.366. The summed E-state index contributed by atoms with van der Waals surface area (Å²) in [6.45, 7) is 5.62. The summed E-state index contributed by atoms with van der Waals surface area (Å²) in [4.78, 5) is 0.823. The third-order valence-electron chi connectivity index (χ3n) is 2.35. The average molecular weight is 365 g/mol. The normalized spacial score (nSPS) is 12.9. The smallest absolute Gasteiger partial charge is 0.273 e. The lowest BCUT2D eigenvalue weighted by atomic mass is 10.1. The molecule has 2 rings (SSSR count). The van der Waals surface area contributed by atoms with Crippen LogP contribution in [0.25, 0.3) is 10.7 Å². The number of primary sulfonamides is 1. The molecule has 0 aliphatic rings. The van der Waals surface area contributed by atoms with Gasteiger partial charge in [0.2, 0.25) is 0 Å². The van der Waals surface area contributed by atoms with Crippen LogP contribution in [0.4, 0.5) is 0 Å². The van der Waals surface area contributed by atoms with Crippen molar-refractivity contribution in [3.8, 4) is 10.7 Å². The molecule has 0 fully saturated rings. The van der Waals surface area contributed by atoms with Gasteiger partial charge < -0.3 is 0 Å². The molecule has 0 saturated carbocycles. The molecule has 0 aromatic carbocycles. The van der Waals surface area contributed by atoms with Crippen molar-refractivity contribution in [2.75, 3.05) is 0 Å². The van der Waals surface area contributed by atoms with E-state index < -0.39 is 15.6 Å². The lowest BCUT2D eigenvalue weighted by Gasteiger charge is -2.23. The number of nitrogens with zero attached hydrogens (tertiary/aromatic N) is 3. The van der Waals surface area contributed by atoms with E-state index in [1.54, 1.807) is 4.57 Å². The topological polar surface area (TPSA) is 90.9 Å². The Kier molecular flexibility index (Phi) is 3.58. The van der Waals surface area contributed by atoms with E-state index in [4.69, 9.17) is 5.14 Å². The van der Waals surface area contributed by atoms with Gasteiger partial charge in [-0.2, -0.15) is 0 Å². The number of hydrogen-bond acceptors (Lipinski definition) is 5. The van der Waals surface area contributed by atoms with Crippen molar-refractivity contribution in [1.82, 2.24) is 14.8 Å². The Hall–Kier alpha value is -0.770. The fraction of sp³-hybridized carbons (Fsp3) is 0.400. The highest BCUT2D eigenvalue weighted by Gasteiger charge is 2.29. The highest BCUT2D eigenvalue weighted by atomic mass is 79.9. The van der Waals surface area contributed by atoms with E-state index in [0.29, 0.717) is 5.82 Å². The van der Waals surface area contributed by atoms with Crippen molar-refractivity contribution in [2.24, 2.45) is 5.14 Å². The van der Waals surface area contributed by atoms with Gasteiger partial charge in [0.1, 0.15) is 0 Å². The highest BCUT2D eigenvalue weighted by molar-refractivity contribution is 9.11. The summed E-state index contributed by atoms with van der Waals surface area (Å²) in [5.41, 5.74) is -0.503. The molecule has 0 amide bonds. The van der Waals surface area contributed by atoms with Gasteiger partial charge in [0, 0.05) is 5.54 Å². The van der Waals surface area contributed by atoms with Gasteiger partial charge in [-0.15, -0.1) is 21.5 Å². The van der Waals surface area contributed by atoms with Gasteiger partial charge in [-0.1, -0.05) is 0 Å². The largest absolute Gasteiger partial charge is 0.291 e. The molecule has 0 unspecified atom stereocenters. The molecule has 0 radical (unpaired) electrons. The molecule has 0 aliphatic heterocycles. The van der Waals surface area contributed by atoms with E-state index >= 15 is 0 Å². The highest BCUT2D eigenvalue weighted by Crippen LogP contribution is 2.33. The molecule has 104 valence electrons. The van der Waals surface area contributed by atoms with E-state index in [1.807, 2.05) is 32.9 Å². The van der Waals surface area contributed by atoms with E-state index in [1.165, 1.54) is 11.3 Å². The molecule has 0 saturated heterocycles. The second-order valence-corrected chi connectivity index (χ2v) is 8.88. The van der Waals surface area contributed by atoms with Gasteiger partial charge in [-0.3, -0.25) is 4.57 Å². The first-order valence-corrected chi connectivity index (χ1v) is 8.50. The maximum absolute atomic E-state index is 11.6. The lowest BCUT2D eigenvalue weighted by Crippen LogP contribution is -2.29. The van der Waals surface area contributed by atoms with Crippen molar-refractivity contribution in [1.29, 1.82) is 0 Å². The molecule has 0 aliphatic carbocycles. The summed E-state index contributed by atoms with van der Waals surface area (Å²) in [7, 11) is -3.91. The number of thiophene rings is 1. The quantitative estimate of drug-likeness (QED) is 0.883. The van der Waals surface area contributed by atoms with E-state index in [2.05, 4.69) is 26.1 Å². The Bertz CT molecular complexity index is 712. The van der Waals surface area contributed by atoms with Gasteiger partial charge in [-0.05, 0) is 48.8 Å². The van der Waals surface area contributed by atoms with Gasteiger partial charge >= 0.3 is 0 Å². The van der Waals surface area contributed by atoms with Crippen molar-refractivity contribution >= 4 is 37.3 Å². The summed E-state index contributed by atoms with van der Waals surface area (Å²) >= 11 is 4.82. The predicted octanol–water partition coefficient (Wildman–Crippen LogP) is 2.17. The molecular weight excluding hydrogens is 352 g/mol. The van der Waals surface area contributed by atoms with Crippen LogP contribution in [0.3, 0.4) is 0 Å². The molecule has 2 N–H and O–H groups in total. The van der Waals surface area contributed by atoms with Crippen LogP contribution in [0.1, 0.15) is 20.8 Å². The van der Waals surface area contributed by atoms with Crippen molar-refractivity contribution in [2.45, 2.75) is 31.5 Å². The van der Waals surface area contributed by atoms with Crippen LogP contribution in [0, 0.1) is 0 Å². The van der Waals surface area contributed by atoms with Crippen LogP contribution in [0.15, 0.2) is 21.1 Å². The Labute approximate surface area is 123 Å². The molecule has 19 heavy (non-hydrogen) atoms. The first-order valence-electron chi connectivity index (χ1n) is 5.35. The van der Waals surface area contributed by atoms with Crippen molar-refractivity contribution in [3.63, 3.8) is 0 Å². The van der Waals surface area contributed by atoms with Crippen LogP contribution in [0.5, 0.6) is 0 Å². The van der Waals surface area contributed by atoms with Crippen molar-refractivity contribution < 1.29 is 8.42 Å². The van der Waals surface area contributed by atoms with Gasteiger partial charge in [-0.25, -0.2) is 13.6 Å². The Morgan fingerprint density at radius 1 is 1.32 bits per heavy atom. The maximum atomic E-state index is 11.6. The molecule has 0 bridgehead atoms. The number of hydrogen-bond donors (Lipinski definition) is 1. The van der Waals surface area contributed by atoms with E-state index in [9.17, 15) is 8.42 Å². The molecule has 9 heteroatoms. The zero-order valence-corrected chi connectivity index (χ0v) is 13.8. The van der Waals surface area contributed by atoms with Gasteiger partial charge in [0.05, 0.1) is 8.66 Å². The monoisotopic (exact) mass is 364 g/mol. The van der Waals surface area contributed by atoms with Crippen LogP contribution in [-0.4, -0.2) is 23.2 Å². The number of nitrogens with two attached hydrogens (primary N) is 1. The van der Waals surface area contributed by atoms with Gasteiger partial charge in [0.15, 0.2) is 5.82 Å². The number of halogens is 1. The fourth-order valence-electron chi connectivity index (χ4n) is 1.65. The standard InChI is InChI=1S/C10H13BrN4O2S2/c1-10(2,3)15-8(6-4-5-7(11)18-6)13-14-9(15)19(12,16)17/h4-5H,1-3H3,(H2,12,16,17). The van der Waals surface area contributed by atoms with E-state index in [-0.39, 0.29) is 5.16 Å². The van der Waals surface area contributed by atoms with Crippen LogP contribution < -0.4 is 5.14 Å². The summed E-state index contributed by atoms with van der Waals surface area (Å²) in [5.74, 6) is 0.493. The number of sulfonamides is 1. The molecule has 2 aromatic heterocycles. The summed E-state index contributed by atoms with van der Waals surface area (Å²) in [5, 5.41) is 12.7. The Morgan fingerprint density at radius 2 is 1.95 bits per heavy atom. The minimum absolute atomic E-state index is 0.223. The third kappa shape index (κ3) is 2.88. The molecule has 6 nitrogen and oxygen atoms in total. The first kappa shape index (κ1) is 14.6. The van der Waals surface area contributed by atoms with Crippen LogP contribution in [0.2, 0.25) is 0 Å². The minimum atomic E-state index is -3.91. The third-order valence-corrected chi connectivity index (χ3v) is 4.75. The second-order valence-electron chi connectivity index (χ2n) is 4.96. The zero-order valence-electron chi connectivity index (χ0n) is 10.6. The van der Waals surface area contributed by atoms with E-state index in [0.717, 1.165) is 8.66 Å². The molecule has 2 heterocycles. The van der Waals surface area contributed by atoms with Crippen LogP contribution >= 0.6 is 27.3 Å².